The molecule has 66 valence electrons. The number of rotatable bonds is 2. The molecule has 1 aromatic rings. The first-order chi connectivity index (χ1) is 10.5. The molecule has 0 fully saturated rings. The fraction of sp³-hybridized carbons (Fsp3) is 0.400. The zero-order valence-corrected chi connectivity index (χ0v) is 6.20. The number of nitrogens with zero attached hydrogens (tertiary/aromatic N) is 2. The van der Waals surface area contributed by atoms with Crippen molar-refractivity contribution >= 4 is 11.4 Å². The summed E-state index contributed by atoms with van der Waals surface area (Å²) in [6.07, 6.45) is 0. The van der Waals surface area contributed by atoms with Gasteiger partial charge in [0.05, 0.1) is 0 Å². The Balaban J connectivity index is 3.34. The molecule has 0 saturated carbocycles. The molecular weight excluding hydrogens is 148 g/mol. The van der Waals surface area contributed by atoms with Crippen LogP contribution < -0.4 is 9.80 Å². The van der Waals surface area contributed by atoms with E-state index >= 15 is 0 Å². The van der Waals surface area contributed by atoms with Crippen LogP contribution >= 0.6 is 0 Å². The van der Waals surface area contributed by atoms with E-state index in [4.69, 9.17) is 16.4 Å². The van der Waals surface area contributed by atoms with E-state index in [1.54, 1.807) is 0 Å². The van der Waals surface area contributed by atoms with Gasteiger partial charge < -0.3 is 9.80 Å². The summed E-state index contributed by atoms with van der Waals surface area (Å²) >= 11 is 0. The van der Waals surface area contributed by atoms with Gasteiger partial charge in [-0.05, 0) is 24.3 Å². The van der Waals surface area contributed by atoms with Crippen LogP contribution in [0.3, 0.4) is 0 Å². The van der Waals surface area contributed by atoms with E-state index in [1.165, 1.54) is 0 Å². The minimum absolute atomic E-state index is 0.213. The van der Waals surface area contributed by atoms with Crippen LogP contribution in [0.15, 0.2) is 24.3 Å². The number of hydrogen-bond donors (Lipinski definition) is 0. The molecule has 0 saturated heterocycles. The molecule has 1 rings (SSSR count). The summed E-state index contributed by atoms with van der Waals surface area (Å²) in [5.74, 6) is 0. The van der Waals surface area contributed by atoms with E-state index in [0.717, 1.165) is 24.3 Å². The molecule has 0 spiro atoms. The summed E-state index contributed by atoms with van der Waals surface area (Å²) in [6, 6.07) is 4.22. The third-order valence-corrected chi connectivity index (χ3v) is 1.37. The first kappa shape index (κ1) is 2.00. The van der Waals surface area contributed by atoms with Crippen molar-refractivity contribution < 1.29 is 16.4 Å². The molecule has 0 bridgehead atoms. The Kier molecular flexibility index (Phi) is 0.581. The van der Waals surface area contributed by atoms with Gasteiger partial charge in [-0.15, -0.1) is 0 Å². The lowest BCUT2D eigenvalue weighted by atomic mass is 10.2. The first-order valence-electron chi connectivity index (χ1n) is 9.16. The average Bonchev–Trinajstić information content (AvgIpc) is 2.23. The van der Waals surface area contributed by atoms with Crippen LogP contribution in [-0.4, -0.2) is 27.9 Å². The molecule has 0 aromatic heterocycles. The molecule has 0 N–H and O–H groups in total. The molecule has 0 amide bonds. The van der Waals surface area contributed by atoms with Crippen molar-refractivity contribution in [3.63, 3.8) is 0 Å². The highest BCUT2D eigenvalue weighted by molar-refractivity contribution is 5.54. The predicted molar refractivity (Wildman–Crippen MR) is 55.1 cm³/mol. The van der Waals surface area contributed by atoms with Crippen molar-refractivity contribution in [2.75, 3.05) is 37.7 Å². The van der Waals surface area contributed by atoms with Gasteiger partial charge in [-0.1, -0.05) is 0 Å². The Morgan fingerprint density at radius 1 is 0.833 bits per heavy atom. The highest BCUT2D eigenvalue weighted by atomic mass is 15.1. The smallest absolute Gasteiger partial charge is 0.0456 e. The van der Waals surface area contributed by atoms with Crippen molar-refractivity contribution in [3.8, 4) is 0 Å². The Morgan fingerprint density at radius 3 is 1.42 bits per heavy atom. The van der Waals surface area contributed by atoms with E-state index in [0.29, 0.717) is 0 Å². The lowest BCUT2D eigenvalue weighted by Crippen LogP contribution is -2.10. The number of benzene rings is 1. The predicted octanol–water partition coefficient (Wildman–Crippen LogP) is 1.82. The molecular formula is C10H16N2. The SMILES string of the molecule is [2H]C([2H])([2H])N(c1ccc(N(C([2H])([2H])[2H])C([2H])([2H])[2H])cc1)C([2H])([2H])[2H]. The second-order valence-electron chi connectivity index (χ2n) is 2.19. The minimum Gasteiger partial charge on any atom is -0.378 e. The third-order valence-electron chi connectivity index (χ3n) is 1.37. The number of hydrogen-bond acceptors (Lipinski definition) is 2. The van der Waals surface area contributed by atoms with Crippen LogP contribution in [0.5, 0.6) is 0 Å². The largest absolute Gasteiger partial charge is 0.378 e. The maximum absolute atomic E-state index is 7.33. The van der Waals surface area contributed by atoms with E-state index in [2.05, 4.69) is 0 Å². The van der Waals surface area contributed by atoms with Gasteiger partial charge in [0.2, 0.25) is 0 Å². The molecule has 0 heterocycles. The Labute approximate surface area is 91.3 Å². The number of anilines is 2. The van der Waals surface area contributed by atoms with Gasteiger partial charge in [0.15, 0.2) is 0 Å². The second kappa shape index (κ2) is 3.48. The second-order valence-corrected chi connectivity index (χ2v) is 2.19. The van der Waals surface area contributed by atoms with Gasteiger partial charge in [-0.3, -0.25) is 0 Å². The van der Waals surface area contributed by atoms with Crippen LogP contribution in [0.25, 0.3) is 0 Å². The van der Waals surface area contributed by atoms with Gasteiger partial charge in [0, 0.05) is 55.7 Å². The van der Waals surface area contributed by atoms with Gasteiger partial charge >= 0.3 is 0 Å². The van der Waals surface area contributed by atoms with Crippen LogP contribution in [0.4, 0.5) is 11.4 Å². The van der Waals surface area contributed by atoms with Crippen LogP contribution in [0.2, 0.25) is 0 Å². The summed E-state index contributed by atoms with van der Waals surface area (Å²) in [7, 11) is 0. The fourth-order valence-corrected chi connectivity index (χ4v) is 0.751. The maximum atomic E-state index is 7.33. The Morgan fingerprint density at radius 2 is 1.17 bits per heavy atom. The van der Waals surface area contributed by atoms with Gasteiger partial charge in [-0.25, -0.2) is 0 Å². The lowest BCUT2D eigenvalue weighted by Gasteiger charge is -2.16. The van der Waals surface area contributed by atoms with E-state index in [1.807, 2.05) is 0 Å². The summed E-state index contributed by atoms with van der Waals surface area (Å²) in [5, 5.41) is 0. The van der Waals surface area contributed by atoms with E-state index in [9.17, 15) is 0 Å². The zero-order valence-electron chi connectivity index (χ0n) is 18.2. The molecule has 2 heteroatoms. The molecule has 0 radical (unpaired) electrons. The molecule has 0 atom stereocenters. The van der Waals surface area contributed by atoms with Crippen LogP contribution in [0, 0.1) is 0 Å². The topological polar surface area (TPSA) is 6.48 Å². The van der Waals surface area contributed by atoms with Gasteiger partial charge in [-0.2, -0.15) is 0 Å². The van der Waals surface area contributed by atoms with Crippen molar-refractivity contribution in [2.45, 2.75) is 0 Å². The third kappa shape index (κ3) is 1.91. The quantitative estimate of drug-likeness (QED) is 0.678. The zero-order chi connectivity index (χ0) is 19.1. The van der Waals surface area contributed by atoms with Crippen molar-refractivity contribution in [2.24, 2.45) is 0 Å². The van der Waals surface area contributed by atoms with Crippen molar-refractivity contribution in [1.82, 2.24) is 0 Å². The first-order valence-corrected chi connectivity index (χ1v) is 3.16. The summed E-state index contributed by atoms with van der Waals surface area (Å²) in [6.45, 7) is -11.8. The lowest BCUT2D eigenvalue weighted by molar-refractivity contribution is 1.11. The molecule has 0 aliphatic heterocycles. The molecule has 0 aliphatic carbocycles. The van der Waals surface area contributed by atoms with Gasteiger partial charge in [0.25, 0.3) is 0 Å². The minimum atomic E-state index is -2.96. The van der Waals surface area contributed by atoms with E-state index in [-0.39, 0.29) is 21.2 Å². The highest BCUT2D eigenvalue weighted by Gasteiger charge is 1.96. The maximum Gasteiger partial charge on any atom is 0.0456 e. The normalized spacial score (nSPS) is 28.7. The fourth-order valence-electron chi connectivity index (χ4n) is 0.751. The summed E-state index contributed by atoms with van der Waals surface area (Å²) in [5.41, 5.74) is -0.426. The molecule has 0 aliphatic rings. The standard InChI is InChI=1S/C10H16N2/c1-11(2)9-5-7-10(8-6-9)12(3)4/h5-8H,1-4H3/i1D3,2D3,3D3,4D3. The van der Waals surface area contributed by atoms with Crippen molar-refractivity contribution in [1.29, 1.82) is 0 Å². The Hall–Kier alpha value is -1.18. The molecule has 2 nitrogen and oxygen atoms in total. The summed E-state index contributed by atoms with van der Waals surface area (Å²) in [4.78, 5) is 0.442. The van der Waals surface area contributed by atoms with Crippen LogP contribution in [0.1, 0.15) is 16.4 Å². The Bertz CT molecular complexity index is 471. The average molecular weight is 176 g/mol. The van der Waals surface area contributed by atoms with E-state index < -0.39 is 27.9 Å². The molecule has 1 aromatic carbocycles. The molecule has 12 heavy (non-hydrogen) atoms. The monoisotopic (exact) mass is 176 g/mol. The van der Waals surface area contributed by atoms with Crippen LogP contribution in [-0.2, 0) is 0 Å². The van der Waals surface area contributed by atoms with Gasteiger partial charge in [0.1, 0.15) is 0 Å². The summed E-state index contributed by atoms with van der Waals surface area (Å²) < 4.78 is 87.9. The molecule has 0 unspecified atom stereocenters. The highest BCUT2D eigenvalue weighted by Crippen LogP contribution is 2.16. The van der Waals surface area contributed by atoms with Crippen molar-refractivity contribution in [3.05, 3.63) is 24.3 Å².